The van der Waals surface area contributed by atoms with Gasteiger partial charge in [0, 0.05) is 0 Å². The van der Waals surface area contributed by atoms with E-state index in [1.165, 1.54) is 17.4 Å². The van der Waals surface area contributed by atoms with Gasteiger partial charge < -0.3 is 4.84 Å². The Bertz CT molecular complexity index is 204. The second-order valence-corrected chi connectivity index (χ2v) is 1.97. The lowest BCUT2D eigenvalue weighted by atomic mass is 10.4. The van der Waals surface area contributed by atoms with Crippen LogP contribution in [0.4, 0.5) is 0 Å². The highest BCUT2D eigenvalue weighted by Gasteiger charge is 2.08. The minimum Gasteiger partial charge on any atom is -0.384 e. The van der Waals surface area contributed by atoms with Crippen LogP contribution >= 0.6 is 0 Å². The summed E-state index contributed by atoms with van der Waals surface area (Å²) in [5, 5.41) is 1.22. The van der Waals surface area contributed by atoms with E-state index in [4.69, 9.17) is 4.84 Å². The van der Waals surface area contributed by atoms with Gasteiger partial charge >= 0.3 is 0 Å². The maximum Gasteiger partial charge on any atom is 0.278 e. The predicted octanol–water partition coefficient (Wildman–Crippen LogP) is 1.02. The zero-order valence-electron chi connectivity index (χ0n) is 6.06. The first-order chi connectivity index (χ1) is 5.34. The Hall–Kier alpha value is -1.51. The third-order valence-electron chi connectivity index (χ3n) is 1.21. The van der Waals surface area contributed by atoms with Gasteiger partial charge in [0.25, 0.3) is 5.91 Å². The molecule has 0 atom stereocenters. The van der Waals surface area contributed by atoms with E-state index in [0.29, 0.717) is 6.54 Å². The molecule has 1 aliphatic heterocycles. The molecule has 0 fully saturated rings. The van der Waals surface area contributed by atoms with E-state index in [1.807, 2.05) is 12.2 Å². The number of carbonyl (C=O) groups excluding carboxylic acids is 1. The number of amides is 1. The van der Waals surface area contributed by atoms with Gasteiger partial charge in [0.1, 0.15) is 6.26 Å². The van der Waals surface area contributed by atoms with E-state index >= 15 is 0 Å². The first kappa shape index (κ1) is 7.60. The molecule has 3 heteroatoms. The molecule has 0 bridgehead atoms. The summed E-state index contributed by atoms with van der Waals surface area (Å²) in [6.45, 7) is 3.80. The summed E-state index contributed by atoms with van der Waals surface area (Å²) in [6.07, 6.45) is 8.02. The Balaban J connectivity index is 2.59. The van der Waals surface area contributed by atoms with Crippen LogP contribution in [0.3, 0.4) is 0 Å². The van der Waals surface area contributed by atoms with Crippen LogP contribution in [-0.4, -0.2) is 17.5 Å². The zero-order chi connectivity index (χ0) is 8.10. The molecule has 1 rings (SSSR count). The molecule has 1 aliphatic rings. The lowest BCUT2D eigenvalue weighted by Gasteiger charge is -2.14. The third kappa shape index (κ3) is 1.97. The molecule has 1 heterocycles. The Morgan fingerprint density at radius 2 is 2.45 bits per heavy atom. The van der Waals surface area contributed by atoms with E-state index in [-0.39, 0.29) is 5.91 Å². The van der Waals surface area contributed by atoms with Crippen molar-refractivity contribution in [1.29, 1.82) is 0 Å². The molecular formula is C8H9NO2. The van der Waals surface area contributed by atoms with Crippen LogP contribution in [0.5, 0.6) is 0 Å². The van der Waals surface area contributed by atoms with Crippen molar-refractivity contribution in [2.75, 3.05) is 6.54 Å². The predicted molar refractivity (Wildman–Crippen MR) is 41.3 cm³/mol. The normalized spacial score (nSPS) is 15.5. The quantitative estimate of drug-likeness (QED) is 0.523. The molecule has 0 aromatic carbocycles. The van der Waals surface area contributed by atoms with Gasteiger partial charge in [-0.25, -0.2) is 0 Å². The fourth-order valence-corrected chi connectivity index (χ4v) is 0.676. The standard InChI is InChI=1S/C8H9NO2/c1-2-8(10)9-6-4-3-5-7-11-9/h2-5,7H,1,6H2. The molecule has 3 nitrogen and oxygen atoms in total. The largest absolute Gasteiger partial charge is 0.384 e. The number of allylic oxidation sites excluding steroid dienone is 2. The van der Waals surface area contributed by atoms with Gasteiger partial charge in [-0.05, 0) is 12.2 Å². The summed E-state index contributed by atoms with van der Waals surface area (Å²) < 4.78 is 0. The van der Waals surface area contributed by atoms with Crippen molar-refractivity contribution in [3.8, 4) is 0 Å². The van der Waals surface area contributed by atoms with Crippen molar-refractivity contribution in [3.05, 3.63) is 37.1 Å². The van der Waals surface area contributed by atoms with Crippen molar-refractivity contribution in [2.24, 2.45) is 0 Å². The Labute approximate surface area is 65.2 Å². The summed E-state index contributed by atoms with van der Waals surface area (Å²) in [5.41, 5.74) is 0. The molecule has 0 saturated carbocycles. The maximum absolute atomic E-state index is 10.9. The van der Waals surface area contributed by atoms with Crippen LogP contribution in [0, 0.1) is 0 Å². The second kappa shape index (κ2) is 3.61. The van der Waals surface area contributed by atoms with Crippen LogP contribution in [0.15, 0.2) is 37.1 Å². The van der Waals surface area contributed by atoms with Gasteiger partial charge in [-0.3, -0.25) is 4.79 Å². The van der Waals surface area contributed by atoms with Gasteiger partial charge in [-0.15, -0.1) is 0 Å². The fraction of sp³-hybridized carbons (Fsp3) is 0.125. The van der Waals surface area contributed by atoms with Crippen molar-refractivity contribution < 1.29 is 9.63 Å². The SMILES string of the molecule is C=CC(=O)N1CC=CC=CO1. The van der Waals surface area contributed by atoms with Gasteiger partial charge in [0.2, 0.25) is 0 Å². The summed E-state index contributed by atoms with van der Waals surface area (Å²) in [6, 6.07) is 0. The molecule has 0 radical (unpaired) electrons. The van der Waals surface area contributed by atoms with Crippen LogP contribution in [-0.2, 0) is 9.63 Å². The van der Waals surface area contributed by atoms with E-state index in [2.05, 4.69) is 6.58 Å². The molecular weight excluding hydrogens is 142 g/mol. The summed E-state index contributed by atoms with van der Waals surface area (Å²) >= 11 is 0. The number of hydrogen-bond acceptors (Lipinski definition) is 2. The first-order valence-corrected chi connectivity index (χ1v) is 3.27. The van der Waals surface area contributed by atoms with Crippen LogP contribution in [0.2, 0.25) is 0 Å². The van der Waals surface area contributed by atoms with Gasteiger partial charge in [-0.1, -0.05) is 18.7 Å². The Morgan fingerprint density at radius 3 is 3.18 bits per heavy atom. The van der Waals surface area contributed by atoms with Gasteiger partial charge in [0.05, 0.1) is 6.54 Å². The number of nitrogens with zero attached hydrogens (tertiary/aromatic N) is 1. The molecule has 0 N–H and O–H groups in total. The van der Waals surface area contributed by atoms with E-state index < -0.39 is 0 Å². The summed E-state index contributed by atoms with van der Waals surface area (Å²) in [4.78, 5) is 15.9. The lowest BCUT2D eigenvalue weighted by Crippen LogP contribution is -2.27. The topological polar surface area (TPSA) is 29.5 Å². The molecule has 1 amide bonds. The number of hydroxylamine groups is 2. The second-order valence-electron chi connectivity index (χ2n) is 1.97. The summed E-state index contributed by atoms with van der Waals surface area (Å²) in [7, 11) is 0. The molecule has 0 spiro atoms. The molecule has 0 aliphatic carbocycles. The van der Waals surface area contributed by atoms with E-state index in [1.54, 1.807) is 6.08 Å². The lowest BCUT2D eigenvalue weighted by molar-refractivity contribution is -0.158. The Kier molecular flexibility index (Phi) is 2.49. The molecule has 0 aromatic heterocycles. The van der Waals surface area contributed by atoms with Crippen molar-refractivity contribution in [3.63, 3.8) is 0 Å². The molecule has 0 aromatic rings. The average Bonchev–Trinajstić information content (AvgIpc) is 2.30. The maximum atomic E-state index is 10.9. The average molecular weight is 151 g/mol. The Morgan fingerprint density at radius 1 is 1.64 bits per heavy atom. The van der Waals surface area contributed by atoms with Gasteiger partial charge in [0.15, 0.2) is 0 Å². The fourth-order valence-electron chi connectivity index (χ4n) is 0.676. The van der Waals surface area contributed by atoms with Crippen LogP contribution < -0.4 is 0 Å². The summed E-state index contributed by atoms with van der Waals surface area (Å²) in [5.74, 6) is -0.235. The number of rotatable bonds is 1. The third-order valence-corrected chi connectivity index (χ3v) is 1.21. The van der Waals surface area contributed by atoms with E-state index in [0.717, 1.165) is 0 Å². The van der Waals surface area contributed by atoms with Crippen LogP contribution in [0.1, 0.15) is 0 Å². The van der Waals surface area contributed by atoms with E-state index in [9.17, 15) is 4.79 Å². The monoisotopic (exact) mass is 151 g/mol. The molecule has 11 heavy (non-hydrogen) atoms. The molecule has 0 saturated heterocycles. The first-order valence-electron chi connectivity index (χ1n) is 3.27. The number of carbonyl (C=O) groups is 1. The zero-order valence-corrected chi connectivity index (χ0v) is 6.06. The van der Waals surface area contributed by atoms with Crippen molar-refractivity contribution in [2.45, 2.75) is 0 Å². The highest BCUT2D eigenvalue weighted by molar-refractivity contribution is 5.86. The highest BCUT2D eigenvalue weighted by Crippen LogP contribution is 1.98. The van der Waals surface area contributed by atoms with Crippen molar-refractivity contribution >= 4 is 5.91 Å². The smallest absolute Gasteiger partial charge is 0.278 e. The molecule has 58 valence electrons. The minimum atomic E-state index is -0.235. The highest BCUT2D eigenvalue weighted by atomic mass is 16.7. The number of hydrogen-bond donors (Lipinski definition) is 0. The minimum absolute atomic E-state index is 0.235. The van der Waals surface area contributed by atoms with Crippen molar-refractivity contribution in [1.82, 2.24) is 5.06 Å². The van der Waals surface area contributed by atoms with Gasteiger partial charge in [-0.2, -0.15) is 5.06 Å². The van der Waals surface area contributed by atoms with Crippen LogP contribution in [0.25, 0.3) is 0 Å². The molecule has 0 unspecified atom stereocenters.